The molecule has 0 aliphatic rings. The summed E-state index contributed by atoms with van der Waals surface area (Å²) in [6.07, 6.45) is 0.964. The molecular formula is C13H19BrN2O. The highest BCUT2D eigenvalue weighted by Crippen LogP contribution is 2.22. The van der Waals surface area contributed by atoms with Gasteiger partial charge >= 0.3 is 0 Å². The Balaban J connectivity index is 2.42. The second-order valence-electron chi connectivity index (χ2n) is 3.97. The van der Waals surface area contributed by atoms with E-state index in [4.69, 9.17) is 0 Å². The first-order chi connectivity index (χ1) is 8.15. The van der Waals surface area contributed by atoms with Crippen LogP contribution in [0.3, 0.4) is 0 Å². The zero-order valence-corrected chi connectivity index (χ0v) is 11.9. The van der Waals surface area contributed by atoms with Gasteiger partial charge < -0.3 is 10.6 Å². The summed E-state index contributed by atoms with van der Waals surface area (Å²) in [5.74, 6) is 0.0470. The van der Waals surface area contributed by atoms with Crippen LogP contribution in [0, 0.1) is 0 Å². The molecule has 17 heavy (non-hydrogen) atoms. The molecule has 0 radical (unpaired) electrons. The summed E-state index contributed by atoms with van der Waals surface area (Å²) in [5, 5.41) is 6.05. The Morgan fingerprint density at radius 2 is 2.12 bits per heavy atom. The lowest BCUT2D eigenvalue weighted by Crippen LogP contribution is -2.35. The summed E-state index contributed by atoms with van der Waals surface area (Å²) in [5.41, 5.74) is 1.16. The fourth-order valence-electron chi connectivity index (χ4n) is 1.51. The number of amides is 1. The lowest BCUT2D eigenvalue weighted by molar-refractivity contribution is -0.120. The molecule has 0 aliphatic heterocycles. The number of rotatable bonds is 6. The third-order valence-electron chi connectivity index (χ3n) is 2.51. The summed E-state index contributed by atoms with van der Waals surface area (Å²) >= 11 is 3.51. The van der Waals surface area contributed by atoms with Crippen LogP contribution < -0.4 is 10.6 Å². The first-order valence-corrected chi connectivity index (χ1v) is 6.69. The van der Waals surface area contributed by atoms with Crippen molar-refractivity contribution in [1.29, 1.82) is 0 Å². The van der Waals surface area contributed by atoms with Gasteiger partial charge in [-0.3, -0.25) is 4.79 Å². The number of nitrogens with one attached hydrogen (secondary N) is 2. The fraction of sp³-hybridized carbons (Fsp3) is 0.462. The van der Waals surface area contributed by atoms with Crippen LogP contribution in [0.5, 0.6) is 0 Å². The van der Waals surface area contributed by atoms with Crippen molar-refractivity contribution in [3.8, 4) is 0 Å². The van der Waals surface area contributed by atoms with Crippen LogP contribution in [-0.4, -0.2) is 19.0 Å². The lowest BCUT2D eigenvalue weighted by Gasteiger charge is -2.15. The van der Waals surface area contributed by atoms with Gasteiger partial charge in [0.15, 0.2) is 0 Å². The first-order valence-electron chi connectivity index (χ1n) is 5.89. The summed E-state index contributed by atoms with van der Waals surface area (Å²) in [6, 6.07) is 8.18. The summed E-state index contributed by atoms with van der Waals surface area (Å²) < 4.78 is 1.06. The normalized spacial score (nSPS) is 12.2. The van der Waals surface area contributed by atoms with E-state index in [1.165, 1.54) is 0 Å². The van der Waals surface area contributed by atoms with E-state index >= 15 is 0 Å². The molecule has 2 N–H and O–H groups in total. The summed E-state index contributed by atoms with van der Waals surface area (Å²) in [4.78, 5) is 11.4. The van der Waals surface area contributed by atoms with E-state index < -0.39 is 0 Å². The van der Waals surface area contributed by atoms with Gasteiger partial charge in [0, 0.05) is 17.1 Å². The van der Waals surface area contributed by atoms with Crippen molar-refractivity contribution in [2.75, 3.05) is 13.1 Å². The quantitative estimate of drug-likeness (QED) is 0.848. The van der Waals surface area contributed by atoms with Gasteiger partial charge in [-0.15, -0.1) is 0 Å². The van der Waals surface area contributed by atoms with Crippen molar-refractivity contribution >= 4 is 21.8 Å². The van der Waals surface area contributed by atoms with Gasteiger partial charge in [0.05, 0.1) is 6.54 Å². The Kier molecular flexibility index (Phi) is 6.22. The average molecular weight is 299 g/mol. The molecule has 1 atom stereocenters. The predicted molar refractivity (Wildman–Crippen MR) is 73.9 cm³/mol. The van der Waals surface area contributed by atoms with Gasteiger partial charge in [-0.2, -0.15) is 0 Å². The van der Waals surface area contributed by atoms with Crippen LogP contribution in [0.4, 0.5) is 0 Å². The minimum absolute atomic E-state index is 0.0470. The van der Waals surface area contributed by atoms with E-state index in [0.717, 1.165) is 23.0 Å². The highest BCUT2D eigenvalue weighted by atomic mass is 79.9. The number of benzene rings is 1. The maximum Gasteiger partial charge on any atom is 0.233 e. The first kappa shape index (κ1) is 14.2. The summed E-state index contributed by atoms with van der Waals surface area (Å²) in [7, 11) is 0. The van der Waals surface area contributed by atoms with E-state index in [1.54, 1.807) is 0 Å². The van der Waals surface area contributed by atoms with Crippen LogP contribution >= 0.6 is 15.9 Å². The Labute approximate surface area is 111 Å². The molecule has 1 unspecified atom stereocenters. The smallest absolute Gasteiger partial charge is 0.233 e. The molecule has 94 valence electrons. The molecule has 0 aromatic heterocycles. The molecule has 0 aliphatic carbocycles. The maximum absolute atomic E-state index is 11.4. The van der Waals surface area contributed by atoms with Crippen LogP contribution in [0.1, 0.15) is 31.9 Å². The highest BCUT2D eigenvalue weighted by Gasteiger charge is 2.09. The molecular weight excluding hydrogens is 280 g/mol. The zero-order valence-electron chi connectivity index (χ0n) is 10.3. The third-order valence-corrected chi connectivity index (χ3v) is 3.23. The van der Waals surface area contributed by atoms with E-state index in [-0.39, 0.29) is 11.9 Å². The van der Waals surface area contributed by atoms with Crippen molar-refractivity contribution in [2.45, 2.75) is 26.3 Å². The Morgan fingerprint density at radius 3 is 2.76 bits per heavy atom. The molecule has 0 heterocycles. The molecule has 0 bridgehead atoms. The molecule has 3 nitrogen and oxygen atoms in total. The fourth-order valence-corrected chi connectivity index (χ4v) is 2.14. The predicted octanol–water partition coefficient (Wildman–Crippen LogP) is 2.63. The largest absolute Gasteiger partial charge is 0.355 e. The van der Waals surface area contributed by atoms with Gasteiger partial charge in [-0.05, 0) is 25.0 Å². The van der Waals surface area contributed by atoms with Crippen molar-refractivity contribution in [2.24, 2.45) is 0 Å². The van der Waals surface area contributed by atoms with Crippen LogP contribution in [0.25, 0.3) is 0 Å². The molecule has 4 heteroatoms. The second-order valence-corrected chi connectivity index (χ2v) is 4.83. The van der Waals surface area contributed by atoms with E-state index in [9.17, 15) is 4.79 Å². The highest BCUT2D eigenvalue weighted by molar-refractivity contribution is 9.10. The van der Waals surface area contributed by atoms with Gasteiger partial charge in [0.1, 0.15) is 0 Å². The Bertz CT molecular complexity index is 368. The Hall–Kier alpha value is -0.870. The molecule has 1 aromatic rings. The molecule has 1 aromatic carbocycles. The van der Waals surface area contributed by atoms with E-state index in [2.05, 4.69) is 26.6 Å². The lowest BCUT2D eigenvalue weighted by atomic mass is 10.1. The van der Waals surface area contributed by atoms with Crippen molar-refractivity contribution < 1.29 is 4.79 Å². The number of halogens is 1. The van der Waals surface area contributed by atoms with Crippen LogP contribution in [0.2, 0.25) is 0 Å². The monoisotopic (exact) mass is 298 g/mol. The molecule has 0 spiro atoms. The standard InChI is InChI=1S/C13H19BrN2O/c1-3-8-15-13(17)9-16-10(2)11-6-4-5-7-12(11)14/h4-7,10,16H,3,8-9H2,1-2H3,(H,15,17). The molecule has 1 rings (SSSR count). The Morgan fingerprint density at radius 1 is 1.41 bits per heavy atom. The molecule has 0 fully saturated rings. The number of hydrogen-bond acceptors (Lipinski definition) is 2. The SMILES string of the molecule is CCCNC(=O)CNC(C)c1ccccc1Br. The molecule has 0 saturated heterocycles. The van der Waals surface area contributed by atoms with Gasteiger partial charge in [0.25, 0.3) is 0 Å². The average Bonchev–Trinajstić information content (AvgIpc) is 2.34. The van der Waals surface area contributed by atoms with Crippen LogP contribution in [-0.2, 0) is 4.79 Å². The van der Waals surface area contributed by atoms with Crippen molar-refractivity contribution in [3.63, 3.8) is 0 Å². The zero-order chi connectivity index (χ0) is 12.7. The van der Waals surface area contributed by atoms with Gasteiger partial charge in [-0.1, -0.05) is 41.1 Å². The second kappa shape index (κ2) is 7.45. The van der Waals surface area contributed by atoms with Gasteiger partial charge in [-0.25, -0.2) is 0 Å². The maximum atomic E-state index is 11.4. The van der Waals surface area contributed by atoms with Crippen molar-refractivity contribution in [1.82, 2.24) is 10.6 Å². The summed E-state index contributed by atoms with van der Waals surface area (Å²) in [6.45, 7) is 5.18. The molecule has 0 saturated carbocycles. The topological polar surface area (TPSA) is 41.1 Å². The third kappa shape index (κ3) is 4.88. The minimum atomic E-state index is 0.0470. The number of carbonyl (C=O) groups excluding carboxylic acids is 1. The minimum Gasteiger partial charge on any atom is -0.355 e. The van der Waals surface area contributed by atoms with Crippen molar-refractivity contribution in [3.05, 3.63) is 34.3 Å². The van der Waals surface area contributed by atoms with Gasteiger partial charge in [0.2, 0.25) is 5.91 Å². The number of hydrogen-bond donors (Lipinski definition) is 2. The van der Waals surface area contributed by atoms with E-state index in [0.29, 0.717) is 6.54 Å². The molecule has 1 amide bonds. The van der Waals surface area contributed by atoms with Crippen LogP contribution in [0.15, 0.2) is 28.7 Å². The van der Waals surface area contributed by atoms with E-state index in [1.807, 2.05) is 38.1 Å². The number of carbonyl (C=O) groups is 1.